The van der Waals surface area contributed by atoms with E-state index in [1.807, 2.05) is 0 Å². The SMILES string of the molecule is FC(F)(F)c1cnc(NN=Cc2ccc(Cl)cc2Cl)c(Cl)c1. The van der Waals surface area contributed by atoms with E-state index in [1.165, 1.54) is 12.3 Å². The van der Waals surface area contributed by atoms with Crippen LogP contribution in [0.25, 0.3) is 0 Å². The first-order chi connectivity index (χ1) is 10.3. The molecule has 0 radical (unpaired) electrons. The van der Waals surface area contributed by atoms with E-state index in [0.717, 1.165) is 6.07 Å². The number of pyridine rings is 1. The van der Waals surface area contributed by atoms with Crippen LogP contribution in [-0.4, -0.2) is 11.2 Å². The monoisotopic (exact) mass is 367 g/mol. The largest absolute Gasteiger partial charge is 0.417 e. The maximum absolute atomic E-state index is 12.5. The molecular weight excluding hydrogens is 362 g/mol. The molecular formula is C13H7Cl3F3N3. The Hall–Kier alpha value is -1.50. The van der Waals surface area contributed by atoms with Crippen LogP contribution in [0.3, 0.4) is 0 Å². The molecule has 0 saturated carbocycles. The third-order valence-corrected chi connectivity index (χ3v) is 3.36. The van der Waals surface area contributed by atoms with Gasteiger partial charge in [-0.15, -0.1) is 0 Å². The number of nitrogens with zero attached hydrogens (tertiary/aromatic N) is 2. The van der Waals surface area contributed by atoms with Gasteiger partial charge in [-0.1, -0.05) is 40.9 Å². The van der Waals surface area contributed by atoms with Crippen LogP contribution in [0, 0.1) is 0 Å². The van der Waals surface area contributed by atoms with Crippen LogP contribution in [0.1, 0.15) is 11.1 Å². The van der Waals surface area contributed by atoms with Gasteiger partial charge in [-0.25, -0.2) is 4.98 Å². The molecule has 0 aliphatic heterocycles. The molecule has 2 aromatic rings. The van der Waals surface area contributed by atoms with Crippen molar-refractivity contribution in [3.8, 4) is 0 Å². The van der Waals surface area contributed by atoms with Crippen molar-refractivity contribution in [3.05, 3.63) is 56.7 Å². The Kier molecular flexibility index (Phi) is 5.16. The molecule has 9 heteroatoms. The van der Waals surface area contributed by atoms with Crippen molar-refractivity contribution in [2.45, 2.75) is 6.18 Å². The normalized spacial score (nSPS) is 11.9. The van der Waals surface area contributed by atoms with Gasteiger partial charge in [-0.2, -0.15) is 18.3 Å². The van der Waals surface area contributed by atoms with Crippen molar-refractivity contribution in [2.24, 2.45) is 5.10 Å². The van der Waals surface area contributed by atoms with Gasteiger partial charge in [0.05, 0.1) is 21.8 Å². The van der Waals surface area contributed by atoms with Gasteiger partial charge in [0.1, 0.15) is 0 Å². The van der Waals surface area contributed by atoms with E-state index in [1.54, 1.807) is 12.1 Å². The van der Waals surface area contributed by atoms with Crippen molar-refractivity contribution in [3.63, 3.8) is 0 Å². The highest BCUT2D eigenvalue weighted by Gasteiger charge is 2.31. The van der Waals surface area contributed by atoms with Crippen LogP contribution in [0.2, 0.25) is 15.1 Å². The molecule has 0 atom stereocenters. The molecule has 0 unspecified atom stereocenters. The van der Waals surface area contributed by atoms with Crippen LogP contribution in [0.5, 0.6) is 0 Å². The Morgan fingerprint density at radius 3 is 2.41 bits per heavy atom. The quantitative estimate of drug-likeness (QED) is 0.573. The first-order valence-corrected chi connectivity index (χ1v) is 6.87. The van der Waals surface area contributed by atoms with E-state index < -0.39 is 11.7 Å². The van der Waals surface area contributed by atoms with Crippen LogP contribution in [0.15, 0.2) is 35.6 Å². The number of benzene rings is 1. The van der Waals surface area contributed by atoms with E-state index in [9.17, 15) is 13.2 Å². The van der Waals surface area contributed by atoms with E-state index in [4.69, 9.17) is 34.8 Å². The minimum absolute atomic E-state index is 0.00370. The molecule has 0 aliphatic rings. The summed E-state index contributed by atoms with van der Waals surface area (Å²) in [5, 5.41) is 4.48. The number of hydrogen-bond acceptors (Lipinski definition) is 3. The summed E-state index contributed by atoms with van der Waals surface area (Å²) in [6, 6.07) is 5.56. The Balaban J connectivity index is 2.13. The van der Waals surface area contributed by atoms with Crippen LogP contribution < -0.4 is 5.43 Å². The van der Waals surface area contributed by atoms with Gasteiger partial charge in [-0.3, -0.25) is 5.43 Å². The molecule has 0 amide bonds. The second-order valence-corrected chi connectivity index (χ2v) is 5.34. The van der Waals surface area contributed by atoms with Crippen LogP contribution in [-0.2, 0) is 6.18 Å². The fourth-order valence-electron chi connectivity index (χ4n) is 1.44. The van der Waals surface area contributed by atoms with Crippen molar-refractivity contribution in [1.29, 1.82) is 0 Å². The highest BCUT2D eigenvalue weighted by molar-refractivity contribution is 6.36. The summed E-state index contributed by atoms with van der Waals surface area (Å²) in [6.07, 6.45) is -2.47. The number of halogens is 6. The molecule has 0 fully saturated rings. The first kappa shape index (κ1) is 16.9. The van der Waals surface area contributed by atoms with E-state index in [0.29, 0.717) is 21.8 Å². The lowest BCUT2D eigenvalue weighted by Crippen LogP contribution is -2.06. The zero-order valence-corrected chi connectivity index (χ0v) is 12.9. The van der Waals surface area contributed by atoms with Crippen molar-refractivity contribution in [2.75, 3.05) is 5.43 Å². The Bertz CT molecular complexity index is 717. The van der Waals surface area contributed by atoms with Gasteiger partial charge < -0.3 is 0 Å². The van der Waals surface area contributed by atoms with Gasteiger partial charge in [0.2, 0.25) is 0 Å². The molecule has 0 aliphatic carbocycles. The van der Waals surface area contributed by atoms with Gasteiger partial charge in [0, 0.05) is 16.8 Å². The topological polar surface area (TPSA) is 37.3 Å². The molecule has 3 nitrogen and oxygen atoms in total. The fourth-order valence-corrected chi connectivity index (χ4v) is 2.11. The molecule has 1 aromatic carbocycles. The standard InChI is InChI=1S/C13H7Cl3F3N3/c14-9-2-1-7(10(15)4-9)5-21-22-12-11(16)3-8(6-20-12)13(17,18)19/h1-6H,(H,20,22). The van der Waals surface area contributed by atoms with Crippen molar-refractivity contribution in [1.82, 2.24) is 4.98 Å². The van der Waals surface area contributed by atoms with Crippen LogP contribution >= 0.6 is 34.8 Å². The van der Waals surface area contributed by atoms with Gasteiger partial charge >= 0.3 is 6.18 Å². The number of rotatable bonds is 3. The van der Waals surface area contributed by atoms with E-state index >= 15 is 0 Å². The lowest BCUT2D eigenvalue weighted by atomic mass is 10.2. The number of anilines is 1. The highest BCUT2D eigenvalue weighted by Crippen LogP contribution is 2.32. The first-order valence-electron chi connectivity index (χ1n) is 5.74. The molecule has 22 heavy (non-hydrogen) atoms. The fraction of sp³-hybridized carbons (Fsp3) is 0.0769. The minimum atomic E-state index is -4.50. The lowest BCUT2D eigenvalue weighted by molar-refractivity contribution is -0.137. The lowest BCUT2D eigenvalue weighted by Gasteiger charge is -2.08. The predicted molar refractivity (Wildman–Crippen MR) is 81.9 cm³/mol. The van der Waals surface area contributed by atoms with Gasteiger partial charge in [-0.05, 0) is 18.2 Å². The van der Waals surface area contributed by atoms with Crippen molar-refractivity contribution >= 4 is 46.8 Å². The third-order valence-electron chi connectivity index (χ3n) is 2.51. The Morgan fingerprint density at radius 1 is 1.09 bits per heavy atom. The maximum Gasteiger partial charge on any atom is 0.417 e. The third kappa shape index (κ3) is 4.25. The molecule has 1 aromatic heterocycles. The summed E-state index contributed by atoms with van der Waals surface area (Å²) in [5.74, 6) is -0.00370. The smallest absolute Gasteiger partial charge is 0.260 e. The molecule has 1 N–H and O–H groups in total. The molecule has 0 spiro atoms. The van der Waals surface area contributed by atoms with Crippen molar-refractivity contribution < 1.29 is 13.2 Å². The summed E-state index contributed by atoms with van der Waals surface area (Å²) in [6.45, 7) is 0. The summed E-state index contributed by atoms with van der Waals surface area (Å²) in [4.78, 5) is 3.58. The second kappa shape index (κ2) is 6.73. The average Bonchev–Trinajstić information content (AvgIpc) is 2.41. The minimum Gasteiger partial charge on any atom is -0.260 e. The number of hydrogen-bond donors (Lipinski definition) is 1. The average molecular weight is 369 g/mol. The van der Waals surface area contributed by atoms with Crippen LogP contribution in [0.4, 0.5) is 19.0 Å². The zero-order valence-electron chi connectivity index (χ0n) is 10.6. The summed E-state index contributed by atoms with van der Waals surface area (Å²) in [5.41, 5.74) is 2.08. The highest BCUT2D eigenvalue weighted by atomic mass is 35.5. The van der Waals surface area contributed by atoms with Gasteiger partial charge in [0.15, 0.2) is 5.82 Å². The van der Waals surface area contributed by atoms with Gasteiger partial charge in [0.25, 0.3) is 0 Å². The summed E-state index contributed by atoms with van der Waals surface area (Å²) >= 11 is 17.4. The zero-order chi connectivity index (χ0) is 16.3. The Morgan fingerprint density at radius 2 is 1.82 bits per heavy atom. The molecule has 2 rings (SSSR count). The maximum atomic E-state index is 12.5. The van der Waals surface area contributed by atoms with E-state index in [2.05, 4.69) is 15.5 Å². The molecule has 1 heterocycles. The number of alkyl halides is 3. The molecule has 0 bridgehead atoms. The number of aromatic nitrogens is 1. The summed E-state index contributed by atoms with van der Waals surface area (Å²) in [7, 11) is 0. The summed E-state index contributed by atoms with van der Waals surface area (Å²) < 4.78 is 37.4. The molecule has 116 valence electrons. The number of nitrogens with one attached hydrogen (secondary N) is 1. The number of hydrazone groups is 1. The second-order valence-electron chi connectivity index (χ2n) is 4.09. The van der Waals surface area contributed by atoms with E-state index in [-0.39, 0.29) is 10.8 Å². The Labute approximate surface area is 138 Å². The molecule has 0 saturated heterocycles. The predicted octanol–water partition coefficient (Wildman–Crippen LogP) is 5.51.